The SMILES string of the molecule is CC(=O)N1C=Cc2ccccc2[C@@H]1CC(=O)N(C)[C@@H](C)c1cccc([N+](=O)[O-])c1. The lowest BCUT2D eigenvalue weighted by Crippen LogP contribution is -2.36. The Morgan fingerprint density at radius 1 is 1.21 bits per heavy atom. The average molecular weight is 393 g/mol. The molecule has 3 rings (SSSR count). The first-order valence-electron chi connectivity index (χ1n) is 9.35. The van der Waals surface area contributed by atoms with Gasteiger partial charge in [0.15, 0.2) is 0 Å². The summed E-state index contributed by atoms with van der Waals surface area (Å²) < 4.78 is 0. The largest absolute Gasteiger partial charge is 0.339 e. The Bertz CT molecular complexity index is 986. The number of benzene rings is 2. The lowest BCUT2D eigenvalue weighted by molar-refractivity contribution is -0.384. The van der Waals surface area contributed by atoms with E-state index in [2.05, 4.69) is 0 Å². The second kappa shape index (κ2) is 8.26. The van der Waals surface area contributed by atoms with Crippen LogP contribution in [-0.2, 0) is 9.59 Å². The van der Waals surface area contributed by atoms with Crippen molar-refractivity contribution in [3.8, 4) is 0 Å². The van der Waals surface area contributed by atoms with E-state index in [-0.39, 0.29) is 36.0 Å². The number of nitro groups is 1. The van der Waals surface area contributed by atoms with Gasteiger partial charge in [-0.1, -0.05) is 36.4 Å². The van der Waals surface area contributed by atoms with Gasteiger partial charge in [0, 0.05) is 32.3 Å². The van der Waals surface area contributed by atoms with Crippen LogP contribution < -0.4 is 0 Å². The third kappa shape index (κ3) is 4.18. The fraction of sp³-hybridized carbons (Fsp3) is 0.273. The number of nitrogens with zero attached hydrogens (tertiary/aromatic N) is 3. The number of hydrogen-bond donors (Lipinski definition) is 0. The minimum atomic E-state index is -0.450. The minimum Gasteiger partial charge on any atom is -0.339 e. The van der Waals surface area contributed by atoms with E-state index in [1.165, 1.54) is 19.1 Å². The number of non-ortho nitro benzene ring substituents is 1. The highest BCUT2D eigenvalue weighted by molar-refractivity contribution is 5.82. The lowest BCUT2D eigenvalue weighted by Gasteiger charge is -2.34. The Balaban J connectivity index is 1.82. The van der Waals surface area contributed by atoms with Crippen LogP contribution in [0.3, 0.4) is 0 Å². The zero-order chi connectivity index (χ0) is 21.1. The van der Waals surface area contributed by atoms with Gasteiger partial charge in [0.2, 0.25) is 11.8 Å². The molecule has 0 aromatic heterocycles. The smallest absolute Gasteiger partial charge is 0.269 e. The monoisotopic (exact) mass is 393 g/mol. The van der Waals surface area contributed by atoms with Crippen LogP contribution in [0, 0.1) is 10.1 Å². The normalized spacial score (nSPS) is 16.1. The van der Waals surface area contributed by atoms with E-state index < -0.39 is 4.92 Å². The molecule has 150 valence electrons. The van der Waals surface area contributed by atoms with Gasteiger partial charge >= 0.3 is 0 Å². The molecule has 0 fully saturated rings. The summed E-state index contributed by atoms with van der Waals surface area (Å²) >= 11 is 0. The van der Waals surface area contributed by atoms with Gasteiger partial charge in [-0.15, -0.1) is 0 Å². The van der Waals surface area contributed by atoms with E-state index in [0.29, 0.717) is 5.56 Å². The number of hydrogen-bond acceptors (Lipinski definition) is 4. The summed E-state index contributed by atoms with van der Waals surface area (Å²) in [6.45, 7) is 3.31. The zero-order valence-electron chi connectivity index (χ0n) is 16.6. The molecule has 0 saturated carbocycles. The molecule has 29 heavy (non-hydrogen) atoms. The van der Waals surface area contributed by atoms with E-state index in [9.17, 15) is 19.7 Å². The van der Waals surface area contributed by atoms with Crippen molar-refractivity contribution in [2.75, 3.05) is 7.05 Å². The van der Waals surface area contributed by atoms with Crippen LogP contribution in [0.1, 0.15) is 49.0 Å². The molecule has 0 bridgehead atoms. The van der Waals surface area contributed by atoms with Crippen molar-refractivity contribution in [2.24, 2.45) is 0 Å². The van der Waals surface area contributed by atoms with Gasteiger partial charge in [0.25, 0.3) is 5.69 Å². The Hall–Kier alpha value is -3.48. The van der Waals surface area contributed by atoms with Crippen molar-refractivity contribution in [3.05, 3.63) is 81.5 Å². The van der Waals surface area contributed by atoms with Crippen molar-refractivity contribution in [2.45, 2.75) is 32.4 Å². The molecule has 0 unspecified atom stereocenters. The lowest BCUT2D eigenvalue weighted by atomic mass is 9.93. The van der Waals surface area contributed by atoms with E-state index in [1.807, 2.05) is 37.3 Å². The molecule has 1 heterocycles. The molecule has 0 N–H and O–H groups in total. The average Bonchev–Trinajstić information content (AvgIpc) is 2.72. The van der Waals surface area contributed by atoms with Crippen molar-refractivity contribution in [1.82, 2.24) is 9.80 Å². The molecule has 2 aromatic rings. The van der Waals surface area contributed by atoms with E-state index in [4.69, 9.17) is 0 Å². The summed E-state index contributed by atoms with van der Waals surface area (Å²) in [6.07, 6.45) is 3.70. The van der Waals surface area contributed by atoms with Crippen LogP contribution in [0.25, 0.3) is 6.08 Å². The third-order valence-corrected chi connectivity index (χ3v) is 5.37. The second-order valence-corrected chi connectivity index (χ2v) is 7.12. The first kappa shape index (κ1) is 20.3. The fourth-order valence-electron chi connectivity index (χ4n) is 3.56. The van der Waals surface area contributed by atoms with E-state index in [1.54, 1.807) is 35.2 Å². The maximum Gasteiger partial charge on any atom is 0.269 e. The summed E-state index contributed by atoms with van der Waals surface area (Å²) in [5.41, 5.74) is 2.58. The van der Waals surface area contributed by atoms with E-state index in [0.717, 1.165) is 11.1 Å². The van der Waals surface area contributed by atoms with Crippen LogP contribution in [0.15, 0.2) is 54.7 Å². The standard InChI is InChI=1S/C22H23N3O4/c1-15(18-8-6-9-19(13-18)25(28)29)23(3)22(27)14-21-20-10-5-4-7-17(20)11-12-24(21)16(2)26/h4-13,15,21H,14H2,1-3H3/t15-,21-/m0/s1. The van der Waals surface area contributed by atoms with Gasteiger partial charge < -0.3 is 9.80 Å². The molecule has 0 radical (unpaired) electrons. The predicted octanol–water partition coefficient (Wildman–Crippen LogP) is 4.08. The number of amides is 2. The van der Waals surface area contributed by atoms with Gasteiger partial charge in [-0.25, -0.2) is 0 Å². The van der Waals surface area contributed by atoms with Crippen molar-refractivity contribution >= 4 is 23.6 Å². The van der Waals surface area contributed by atoms with Gasteiger partial charge in [0.05, 0.1) is 23.4 Å². The molecular weight excluding hydrogens is 370 g/mol. The first-order valence-corrected chi connectivity index (χ1v) is 9.35. The molecule has 7 heteroatoms. The second-order valence-electron chi connectivity index (χ2n) is 7.12. The van der Waals surface area contributed by atoms with Crippen molar-refractivity contribution in [1.29, 1.82) is 0 Å². The quantitative estimate of drug-likeness (QED) is 0.566. The summed E-state index contributed by atoms with van der Waals surface area (Å²) in [7, 11) is 1.68. The number of carbonyl (C=O) groups excluding carboxylic acids is 2. The molecular formula is C22H23N3O4. The number of fused-ring (bicyclic) bond motifs is 1. The highest BCUT2D eigenvalue weighted by atomic mass is 16.6. The molecule has 2 amide bonds. The molecule has 0 spiro atoms. The van der Waals surface area contributed by atoms with Crippen LogP contribution >= 0.6 is 0 Å². The molecule has 0 saturated heterocycles. The fourth-order valence-corrected chi connectivity index (χ4v) is 3.56. The molecule has 2 aromatic carbocycles. The zero-order valence-corrected chi connectivity index (χ0v) is 16.6. The summed E-state index contributed by atoms with van der Waals surface area (Å²) in [5, 5.41) is 11.0. The molecule has 2 atom stereocenters. The molecule has 1 aliphatic heterocycles. The van der Waals surface area contributed by atoms with Gasteiger partial charge in [-0.2, -0.15) is 0 Å². The van der Waals surface area contributed by atoms with Crippen LogP contribution in [0.2, 0.25) is 0 Å². The van der Waals surface area contributed by atoms with Gasteiger partial charge in [-0.05, 0) is 29.7 Å². The van der Waals surface area contributed by atoms with Crippen molar-refractivity contribution < 1.29 is 14.5 Å². The van der Waals surface area contributed by atoms with E-state index >= 15 is 0 Å². The Morgan fingerprint density at radius 2 is 1.93 bits per heavy atom. The Labute approximate surface area is 169 Å². The Morgan fingerprint density at radius 3 is 2.62 bits per heavy atom. The molecule has 7 nitrogen and oxygen atoms in total. The number of rotatable bonds is 5. The summed E-state index contributed by atoms with van der Waals surface area (Å²) in [6, 6.07) is 13.2. The summed E-state index contributed by atoms with van der Waals surface area (Å²) in [4.78, 5) is 38.9. The van der Waals surface area contributed by atoms with Crippen molar-refractivity contribution in [3.63, 3.8) is 0 Å². The summed E-state index contributed by atoms with van der Waals surface area (Å²) in [5.74, 6) is -0.284. The maximum absolute atomic E-state index is 13.1. The Kier molecular flexibility index (Phi) is 5.77. The first-order chi connectivity index (χ1) is 13.8. The topological polar surface area (TPSA) is 83.8 Å². The van der Waals surface area contributed by atoms with Crippen LogP contribution in [-0.4, -0.2) is 33.6 Å². The van der Waals surface area contributed by atoms with Crippen LogP contribution in [0.5, 0.6) is 0 Å². The molecule has 0 aliphatic carbocycles. The highest BCUT2D eigenvalue weighted by Crippen LogP contribution is 2.34. The predicted molar refractivity (Wildman–Crippen MR) is 110 cm³/mol. The molecule has 1 aliphatic rings. The highest BCUT2D eigenvalue weighted by Gasteiger charge is 2.30. The van der Waals surface area contributed by atoms with Gasteiger partial charge in [-0.3, -0.25) is 19.7 Å². The third-order valence-electron chi connectivity index (χ3n) is 5.37. The van der Waals surface area contributed by atoms with Crippen LogP contribution in [0.4, 0.5) is 5.69 Å². The minimum absolute atomic E-state index is 0.00991. The number of carbonyl (C=O) groups is 2. The number of nitro benzene ring substituents is 1. The maximum atomic E-state index is 13.1. The van der Waals surface area contributed by atoms with Gasteiger partial charge in [0.1, 0.15) is 0 Å².